The maximum Gasteiger partial charge on any atom is 0.262 e. The molecule has 1 N–H and O–H groups in total. The van der Waals surface area contributed by atoms with Gasteiger partial charge in [0.1, 0.15) is 19.7 Å². The van der Waals surface area contributed by atoms with Crippen LogP contribution in [-0.4, -0.2) is 66.1 Å². The molecule has 41 heavy (non-hydrogen) atoms. The van der Waals surface area contributed by atoms with Crippen LogP contribution in [-0.2, 0) is 23.4 Å². The van der Waals surface area contributed by atoms with Crippen LogP contribution in [0.2, 0.25) is 5.04 Å². The summed E-state index contributed by atoms with van der Waals surface area (Å²) in [5.41, 5.74) is 0. The summed E-state index contributed by atoms with van der Waals surface area (Å²) in [4.78, 5) is 0. The van der Waals surface area contributed by atoms with Gasteiger partial charge in [0.05, 0.1) is 12.2 Å². The van der Waals surface area contributed by atoms with Gasteiger partial charge in [0.25, 0.3) is 8.32 Å². The number of hydrogen-bond acceptors (Lipinski definition) is 6. The molecule has 0 saturated carbocycles. The van der Waals surface area contributed by atoms with Gasteiger partial charge >= 0.3 is 0 Å². The first-order valence-corrected chi connectivity index (χ1v) is 16.5. The topological polar surface area (TPSA) is 66.4 Å². The van der Waals surface area contributed by atoms with Crippen molar-refractivity contribution in [1.82, 2.24) is 0 Å². The van der Waals surface area contributed by atoms with Crippen LogP contribution in [0.15, 0.2) is 60.7 Å². The number of aliphatic hydroxyl groups excluding tert-OH is 1. The molecule has 0 aliphatic rings. The molecular weight excluding hydrogens is 532 g/mol. The summed E-state index contributed by atoms with van der Waals surface area (Å²) in [5, 5.41) is 12.0. The van der Waals surface area contributed by atoms with E-state index in [1.807, 2.05) is 19.1 Å². The fourth-order valence-electron chi connectivity index (χ4n) is 5.75. The van der Waals surface area contributed by atoms with E-state index in [1.54, 1.807) is 14.2 Å². The van der Waals surface area contributed by atoms with Crippen molar-refractivity contribution in [2.75, 3.05) is 34.4 Å². The number of benzene rings is 2. The number of ether oxygens (including phenoxy) is 4. The van der Waals surface area contributed by atoms with E-state index in [4.69, 9.17) is 29.8 Å². The van der Waals surface area contributed by atoms with Gasteiger partial charge in [0.2, 0.25) is 0 Å². The molecule has 0 radical (unpaired) electrons. The van der Waals surface area contributed by atoms with Crippen molar-refractivity contribution in [1.29, 1.82) is 0 Å². The third-order valence-electron chi connectivity index (χ3n) is 8.04. The molecular formula is C34H52O6Si. The first-order valence-electron chi connectivity index (χ1n) is 14.6. The standard InChI is InChI=1S/C34H52O6Si/c1-10-31(28(4)32(38-24-36-8)22-21-26(2)33(27(3)23-35)39-25-37-9)40-41(34(5,6)7,29-17-13-11-14-18-29)30-19-15-12-16-20-30/h1,11-20,26-28,31-33,35H,21-25H2,2-9H3/t26-,27-,28-,31-,32-,33-/m0/s1. The molecule has 0 fully saturated rings. The van der Waals surface area contributed by atoms with E-state index < -0.39 is 14.4 Å². The highest BCUT2D eigenvalue weighted by molar-refractivity contribution is 6.99. The molecule has 0 spiro atoms. The van der Waals surface area contributed by atoms with Crippen LogP contribution in [0.3, 0.4) is 0 Å². The zero-order valence-electron chi connectivity index (χ0n) is 26.3. The second kappa shape index (κ2) is 17.2. The largest absolute Gasteiger partial charge is 0.396 e. The lowest BCUT2D eigenvalue weighted by Crippen LogP contribution is -2.68. The summed E-state index contributed by atoms with van der Waals surface area (Å²) in [6.45, 7) is 13.4. The molecule has 0 unspecified atom stereocenters. The molecule has 228 valence electrons. The Morgan fingerprint density at radius 2 is 1.32 bits per heavy atom. The maximum absolute atomic E-state index is 9.80. The maximum atomic E-state index is 9.80. The summed E-state index contributed by atoms with van der Waals surface area (Å²) in [7, 11) is 0.367. The van der Waals surface area contributed by atoms with Gasteiger partial charge in [-0.25, -0.2) is 0 Å². The van der Waals surface area contributed by atoms with Crippen molar-refractivity contribution in [2.24, 2.45) is 17.8 Å². The van der Waals surface area contributed by atoms with Gasteiger partial charge in [-0.2, -0.15) is 0 Å². The van der Waals surface area contributed by atoms with Gasteiger partial charge in [-0.05, 0) is 34.2 Å². The number of methoxy groups -OCH3 is 2. The summed E-state index contributed by atoms with van der Waals surface area (Å²) in [6.07, 6.45) is 6.97. The minimum atomic E-state index is -2.86. The summed E-state index contributed by atoms with van der Waals surface area (Å²) in [5.74, 6) is 3.04. The zero-order chi connectivity index (χ0) is 30.5. The molecule has 0 heterocycles. The number of rotatable bonds is 18. The lowest BCUT2D eigenvalue weighted by Gasteiger charge is -2.45. The molecule has 0 aromatic heterocycles. The highest BCUT2D eigenvalue weighted by atomic mass is 28.4. The summed E-state index contributed by atoms with van der Waals surface area (Å²) in [6, 6.07) is 21.1. The Labute approximate surface area is 249 Å². The van der Waals surface area contributed by atoms with Crippen molar-refractivity contribution < 1.29 is 28.5 Å². The molecule has 0 aliphatic heterocycles. The van der Waals surface area contributed by atoms with Gasteiger partial charge in [-0.1, -0.05) is 108 Å². The quantitative estimate of drug-likeness (QED) is 0.147. The van der Waals surface area contributed by atoms with Gasteiger partial charge < -0.3 is 28.5 Å². The fraction of sp³-hybridized carbons (Fsp3) is 0.588. The Morgan fingerprint density at radius 3 is 1.76 bits per heavy atom. The second-order valence-corrected chi connectivity index (χ2v) is 16.3. The van der Waals surface area contributed by atoms with E-state index in [-0.39, 0.29) is 55.2 Å². The smallest absolute Gasteiger partial charge is 0.262 e. The van der Waals surface area contributed by atoms with Crippen molar-refractivity contribution in [3.8, 4) is 12.3 Å². The number of aliphatic hydroxyl groups is 1. The first-order chi connectivity index (χ1) is 19.6. The lowest BCUT2D eigenvalue weighted by molar-refractivity contribution is -0.122. The summed E-state index contributed by atoms with van der Waals surface area (Å²) < 4.78 is 30.0. The Morgan fingerprint density at radius 1 is 0.805 bits per heavy atom. The minimum absolute atomic E-state index is 0.0205. The second-order valence-electron chi connectivity index (χ2n) is 12.1. The van der Waals surface area contributed by atoms with E-state index >= 15 is 0 Å². The zero-order valence-corrected chi connectivity index (χ0v) is 27.3. The Kier molecular flexibility index (Phi) is 14.7. The number of terminal acetylenes is 1. The highest BCUT2D eigenvalue weighted by Gasteiger charge is 2.52. The monoisotopic (exact) mass is 584 g/mol. The van der Waals surface area contributed by atoms with E-state index in [9.17, 15) is 5.11 Å². The molecule has 7 heteroatoms. The van der Waals surface area contributed by atoms with Crippen LogP contribution >= 0.6 is 0 Å². The van der Waals surface area contributed by atoms with Crippen molar-refractivity contribution in [3.05, 3.63) is 60.7 Å². The van der Waals surface area contributed by atoms with Crippen LogP contribution in [0.4, 0.5) is 0 Å². The van der Waals surface area contributed by atoms with Crippen LogP contribution < -0.4 is 10.4 Å². The van der Waals surface area contributed by atoms with Crippen LogP contribution in [0, 0.1) is 30.1 Å². The van der Waals surface area contributed by atoms with E-state index in [0.29, 0.717) is 0 Å². The van der Waals surface area contributed by atoms with Gasteiger partial charge in [0.15, 0.2) is 0 Å². The van der Waals surface area contributed by atoms with Crippen LogP contribution in [0.25, 0.3) is 0 Å². The van der Waals surface area contributed by atoms with Crippen LogP contribution in [0.1, 0.15) is 54.4 Å². The third kappa shape index (κ3) is 9.23. The van der Waals surface area contributed by atoms with E-state index in [1.165, 1.54) is 10.4 Å². The van der Waals surface area contributed by atoms with E-state index in [0.717, 1.165) is 12.8 Å². The molecule has 2 aromatic carbocycles. The first kappa shape index (κ1) is 35.2. The highest BCUT2D eigenvalue weighted by Crippen LogP contribution is 2.39. The number of hydrogen-bond donors (Lipinski definition) is 1. The predicted octanol–water partition coefficient (Wildman–Crippen LogP) is 5.22. The summed E-state index contributed by atoms with van der Waals surface area (Å²) >= 11 is 0. The molecule has 0 aliphatic carbocycles. The molecule has 0 amide bonds. The average Bonchev–Trinajstić information content (AvgIpc) is 2.97. The lowest BCUT2D eigenvalue weighted by atomic mass is 9.86. The molecule has 2 rings (SSSR count). The Balaban J connectivity index is 2.42. The van der Waals surface area contributed by atoms with E-state index in [2.05, 4.69) is 89.1 Å². The molecule has 6 atom stereocenters. The molecule has 0 saturated heterocycles. The van der Waals surface area contributed by atoms with Gasteiger partial charge in [-0.3, -0.25) is 0 Å². The third-order valence-corrected chi connectivity index (χ3v) is 13.1. The van der Waals surface area contributed by atoms with Crippen molar-refractivity contribution in [3.63, 3.8) is 0 Å². The SMILES string of the molecule is C#C[C@H](O[Si](c1ccccc1)(c1ccccc1)C(C)(C)C)[C@H](C)[C@H](CC[C@H](C)[C@H](OCOC)[C@@H](C)CO)OCOC. The van der Waals surface area contributed by atoms with Crippen molar-refractivity contribution in [2.45, 2.75) is 77.7 Å². The van der Waals surface area contributed by atoms with Crippen molar-refractivity contribution >= 4 is 18.7 Å². The molecule has 0 bridgehead atoms. The molecule has 6 nitrogen and oxygen atoms in total. The van der Waals surface area contributed by atoms with Gasteiger partial charge in [0, 0.05) is 32.7 Å². The van der Waals surface area contributed by atoms with Gasteiger partial charge in [-0.15, -0.1) is 6.42 Å². The van der Waals surface area contributed by atoms with Crippen LogP contribution in [0.5, 0.6) is 0 Å². The average molecular weight is 585 g/mol. The fourth-order valence-corrected chi connectivity index (χ4v) is 10.4. The Hall–Kier alpha value is -2.02. The predicted molar refractivity (Wildman–Crippen MR) is 169 cm³/mol. The minimum Gasteiger partial charge on any atom is -0.396 e. The normalized spacial score (nSPS) is 16.8. The molecule has 2 aromatic rings. The Bertz CT molecular complexity index is 980.